The summed E-state index contributed by atoms with van der Waals surface area (Å²) >= 11 is 1.24. The van der Waals surface area contributed by atoms with Crippen molar-refractivity contribution < 1.29 is 28.4 Å². The van der Waals surface area contributed by atoms with E-state index in [1.54, 1.807) is 61.0 Å². The summed E-state index contributed by atoms with van der Waals surface area (Å²) in [5, 5.41) is 33.2. The molecular weight excluding hydrogens is 488 g/mol. The molecule has 180 valence electrons. The predicted octanol–water partition coefficient (Wildman–Crippen LogP) is 3.77. The molecule has 0 amide bonds. The topological polar surface area (TPSA) is 156 Å². The molecule has 0 bridgehead atoms. The number of benzene rings is 2. The summed E-state index contributed by atoms with van der Waals surface area (Å²) in [6.07, 6.45) is 1.46. The number of nitro benzene ring substituents is 1. The Labute approximate surface area is 206 Å². The Hall–Kier alpha value is -5.04. The van der Waals surface area contributed by atoms with Gasteiger partial charge in [-0.25, -0.2) is 4.98 Å². The van der Waals surface area contributed by atoms with E-state index in [0.29, 0.717) is 39.3 Å². The van der Waals surface area contributed by atoms with Crippen molar-refractivity contribution in [3.8, 4) is 40.1 Å². The average molecular weight is 504 g/mol. The molecule has 0 unspecified atom stereocenters. The molecule has 0 aliphatic heterocycles. The highest BCUT2D eigenvalue weighted by Gasteiger charge is 2.25. The number of nitrogens with one attached hydrogen (secondary N) is 1. The Balaban J connectivity index is 1.28. The third-order valence-electron chi connectivity index (χ3n) is 5.02. The van der Waals surface area contributed by atoms with Crippen molar-refractivity contribution in [1.82, 2.24) is 10.3 Å². The van der Waals surface area contributed by atoms with Crippen molar-refractivity contribution in [2.75, 3.05) is 12.5 Å². The van der Waals surface area contributed by atoms with E-state index in [9.17, 15) is 15.2 Å². The molecular formula is C23H16N6O6S. The number of hydrogen-bond acceptors (Lipinski definition) is 11. The van der Waals surface area contributed by atoms with Gasteiger partial charge in [0.25, 0.3) is 11.4 Å². The van der Waals surface area contributed by atoms with Gasteiger partial charge in [0.1, 0.15) is 17.3 Å². The van der Waals surface area contributed by atoms with Gasteiger partial charge >= 0.3 is 0 Å². The van der Waals surface area contributed by atoms with Gasteiger partial charge in [0.05, 0.1) is 23.5 Å². The van der Waals surface area contributed by atoms with Crippen molar-refractivity contribution in [3.63, 3.8) is 0 Å². The fraction of sp³-hybridized carbons (Fsp3) is 0.0435. The summed E-state index contributed by atoms with van der Waals surface area (Å²) in [5.74, 6) is 1.05. The number of rotatable bonds is 8. The molecule has 3 heterocycles. The van der Waals surface area contributed by atoms with Gasteiger partial charge in [-0.05, 0) is 41.1 Å². The minimum Gasteiger partial charge on any atom is -0.539 e. The third kappa shape index (κ3) is 4.63. The SMILES string of the molecule is COc1ccc(-[n+]2noc([O-])c2-c2csc(N/N=C/c3ccc(-c4ccc([N+](=O)[O-])cc4)o3)n2)cc1. The summed E-state index contributed by atoms with van der Waals surface area (Å²) in [4.78, 5) is 14.7. The van der Waals surface area contributed by atoms with Gasteiger partial charge in [-0.2, -0.15) is 5.10 Å². The number of nitro groups is 1. The smallest absolute Gasteiger partial charge is 0.289 e. The summed E-state index contributed by atoms with van der Waals surface area (Å²) in [6, 6.07) is 16.5. The largest absolute Gasteiger partial charge is 0.539 e. The zero-order valence-electron chi connectivity index (χ0n) is 18.5. The van der Waals surface area contributed by atoms with Crippen molar-refractivity contribution in [3.05, 3.63) is 81.9 Å². The predicted molar refractivity (Wildman–Crippen MR) is 127 cm³/mol. The second kappa shape index (κ2) is 9.68. The Kier molecular flexibility index (Phi) is 6.11. The van der Waals surface area contributed by atoms with Crippen LogP contribution >= 0.6 is 11.3 Å². The van der Waals surface area contributed by atoms with Gasteiger partial charge < -0.3 is 18.8 Å². The number of thiazole rings is 1. The van der Waals surface area contributed by atoms with Crippen LogP contribution in [0, 0.1) is 10.1 Å². The molecule has 0 saturated heterocycles. The fourth-order valence-electron chi connectivity index (χ4n) is 3.27. The van der Waals surface area contributed by atoms with E-state index in [1.165, 1.54) is 34.4 Å². The quantitative estimate of drug-likeness (QED) is 0.144. The maximum absolute atomic E-state index is 12.3. The van der Waals surface area contributed by atoms with Gasteiger partial charge in [-0.3, -0.25) is 15.5 Å². The van der Waals surface area contributed by atoms with E-state index >= 15 is 0 Å². The molecule has 5 rings (SSSR count). The number of furan rings is 1. The first-order valence-electron chi connectivity index (χ1n) is 10.3. The normalized spacial score (nSPS) is 11.1. The maximum atomic E-state index is 12.3. The highest BCUT2D eigenvalue weighted by Crippen LogP contribution is 2.28. The standard InChI is InChI=1S/C23H16N6O6S/c1-33-17-8-6-15(7-9-17)28-21(22(30)35-27-28)19-13-36-23(25-19)26-24-12-18-10-11-20(34-18)14-2-4-16(5-3-14)29(31)32/h2-13H,1H3,(H-,25,26,27,30)/b24-12+. The van der Waals surface area contributed by atoms with E-state index in [2.05, 4.69) is 20.8 Å². The van der Waals surface area contributed by atoms with Crippen LogP contribution in [0.15, 0.2) is 80.1 Å². The second-order valence-electron chi connectivity index (χ2n) is 7.23. The molecule has 12 nitrogen and oxygen atoms in total. The van der Waals surface area contributed by atoms with E-state index in [4.69, 9.17) is 13.7 Å². The molecule has 5 aromatic rings. The molecule has 0 aliphatic rings. The van der Waals surface area contributed by atoms with Crippen molar-refractivity contribution in [1.29, 1.82) is 0 Å². The van der Waals surface area contributed by atoms with Gasteiger partial charge in [0.15, 0.2) is 11.6 Å². The lowest BCUT2D eigenvalue weighted by Gasteiger charge is -1.98. The van der Waals surface area contributed by atoms with Crippen molar-refractivity contribution >= 4 is 28.4 Å². The minimum absolute atomic E-state index is 0.00364. The molecule has 0 fully saturated rings. The maximum Gasteiger partial charge on any atom is 0.289 e. The van der Waals surface area contributed by atoms with Crippen LogP contribution in [0.1, 0.15) is 5.76 Å². The summed E-state index contributed by atoms with van der Waals surface area (Å²) < 4.78 is 17.1. The molecule has 36 heavy (non-hydrogen) atoms. The minimum atomic E-state index is -0.625. The van der Waals surface area contributed by atoms with Gasteiger partial charge in [-0.1, -0.05) is 0 Å². The number of ether oxygens (including phenoxy) is 1. The zero-order chi connectivity index (χ0) is 25.1. The van der Waals surface area contributed by atoms with Crippen LogP contribution in [0.2, 0.25) is 0 Å². The fourth-order valence-corrected chi connectivity index (χ4v) is 3.91. The van der Waals surface area contributed by atoms with E-state index in [0.717, 1.165) is 0 Å². The lowest BCUT2D eigenvalue weighted by atomic mass is 10.1. The molecule has 2 aromatic carbocycles. The van der Waals surface area contributed by atoms with Crippen LogP contribution in [0.25, 0.3) is 28.4 Å². The third-order valence-corrected chi connectivity index (χ3v) is 5.76. The van der Waals surface area contributed by atoms with Crippen molar-refractivity contribution in [2.45, 2.75) is 0 Å². The van der Waals surface area contributed by atoms with E-state index in [-0.39, 0.29) is 11.4 Å². The number of nitrogens with zero attached hydrogens (tertiary/aromatic N) is 5. The summed E-state index contributed by atoms with van der Waals surface area (Å²) in [7, 11) is 1.56. The van der Waals surface area contributed by atoms with Crippen LogP contribution in [0.3, 0.4) is 0 Å². The Morgan fingerprint density at radius 2 is 1.92 bits per heavy atom. The molecule has 0 spiro atoms. The Bertz CT molecular complexity index is 1540. The zero-order valence-corrected chi connectivity index (χ0v) is 19.3. The first-order chi connectivity index (χ1) is 17.5. The number of hydrogen-bond donors (Lipinski definition) is 1. The second-order valence-corrected chi connectivity index (χ2v) is 8.09. The Morgan fingerprint density at radius 3 is 2.64 bits per heavy atom. The van der Waals surface area contributed by atoms with Crippen molar-refractivity contribution in [2.24, 2.45) is 5.10 Å². The number of non-ortho nitro benzene ring substituents is 1. The lowest BCUT2D eigenvalue weighted by molar-refractivity contribution is -0.660. The number of aromatic nitrogens is 3. The van der Waals surface area contributed by atoms with Crippen LogP contribution in [-0.2, 0) is 0 Å². The molecule has 3 aromatic heterocycles. The molecule has 0 saturated carbocycles. The number of hydrazone groups is 1. The average Bonchev–Trinajstić information content (AvgIpc) is 3.64. The number of anilines is 1. The van der Waals surface area contributed by atoms with Crippen LogP contribution in [0.5, 0.6) is 11.7 Å². The first kappa shape index (κ1) is 22.7. The van der Waals surface area contributed by atoms with E-state index < -0.39 is 10.9 Å². The van der Waals surface area contributed by atoms with Gasteiger partial charge in [0, 0.05) is 35.2 Å². The highest BCUT2D eigenvalue weighted by atomic mass is 32.1. The molecule has 0 radical (unpaired) electrons. The van der Waals surface area contributed by atoms with Gasteiger partial charge in [-0.15, -0.1) is 11.3 Å². The number of methoxy groups -OCH3 is 1. The molecule has 0 atom stereocenters. The van der Waals surface area contributed by atoms with Crippen LogP contribution in [-0.4, -0.2) is 28.5 Å². The van der Waals surface area contributed by atoms with Gasteiger partial charge in [0.2, 0.25) is 10.8 Å². The Morgan fingerprint density at radius 1 is 1.14 bits per heavy atom. The monoisotopic (exact) mass is 504 g/mol. The summed E-state index contributed by atoms with van der Waals surface area (Å²) in [5.41, 5.74) is 4.66. The lowest BCUT2D eigenvalue weighted by Crippen LogP contribution is -2.34. The molecule has 1 N–H and O–H groups in total. The summed E-state index contributed by atoms with van der Waals surface area (Å²) in [6.45, 7) is 0. The highest BCUT2D eigenvalue weighted by molar-refractivity contribution is 7.14. The molecule has 0 aliphatic carbocycles. The van der Waals surface area contributed by atoms with Crippen LogP contribution < -0.4 is 20.0 Å². The molecule has 13 heteroatoms. The van der Waals surface area contributed by atoms with Crippen LogP contribution in [0.4, 0.5) is 10.8 Å². The van der Waals surface area contributed by atoms with E-state index in [1.807, 2.05) is 0 Å². The first-order valence-corrected chi connectivity index (χ1v) is 11.2.